The van der Waals surface area contributed by atoms with Crippen molar-refractivity contribution < 1.29 is 9.53 Å². The molecule has 0 spiro atoms. The first-order chi connectivity index (χ1) is 8.10. The number of nitrogens with zero attached hydrogens (tertiary/aromatic N) is 1. The zero-order chi connectivity index (χ0) is 13.8. The van der Waals surface area contributed by atoms with E-state index in [4.69, 9.17) is 4.74 Å². The molecule has 0 aliphatic rings. The van der Waals surface area contributed by atoms with Crippen molar-refractivity contribution in [3.63, 3.8) is 0 Å². The number of carbonyl (C=O) groups is 1. The number of methoxy groups -OCH3 is 1. The Hall–Kier alpha value is -1.58. The van der Waals surface area contributed by atoms with E-state index in [0.717, 1.165) is 0 Å². The molecule has 0 saturated heterocycles. The Bertz CT molecular complexity index is 305. The van der Waals surface area contributed by atoms with Gasteiger partial charge in [-0.25, -0.2) is 0 Å². The Morgan fingerprint density at radius 2 is 2.00 bits per heavy atom. The predicted octanol–water partition coefficient (Wildman–Crippen LogP) is 2.67. The maximum absolute atomic E-state index is 11.3. The first kappa shape index (κ1) is 17.8. The van der Waals surface area contributed by atoms with Crippen molar-refractivity contribution in [2.45, 2.75) is 34.1 Å². The van der Waals surface area contributed by atoms with Crippen molar-refractivity contribution >= 4 is 11.6 Å². The van der Waals surface area contributed by atoms with Gasteiger partial charge in [0.05, 0.1) is 12.8 Å². The predicted molar refractivity (Wildman–Crippen MR) is 73.0 cm³/mol. The van der Waals surface area contributed by atoms with E-state index >= 15 is 0 Å². The van der Waals surface area contributed by atoms with E-state index in [1.54, 1.807) is 27.0 Å². The Balaban J connectivity index is 0. The zero-order valence-electron chi connectivity index (χ0n) is 11.8. The molecule has 0 bridgehead atoms. The number of nitrogens with one attached hydrogen (secondary N) is 1. The molecule has 0 saturated carbocycles. The molecule has 0 aliphatic heterocycles. The zero-order valence-corrected chi connectivity index (χ0v) is 11.8. The van der Waals surface area contributed by atoms with Gasteiger partial charge in [-0.2, -0.15) is 0 Å². The average molecular weight is 240 g/mol. The van der Waals surface area contributed by atoms with Crippen molar-refractivity contribution in [2.75, 3.05) is 14.2 Å². The topological polar surface area (TPSA) is 50.7 Å². The highest BCUT2D eigenvalue weighted by molar-refractivity contribution is 6.01. The molecule has 4 heteroatoms. The summed E-state index contributed by atoms with van der Waals surface area (Å²) in [4.78, 5) is 15.3. The minimum absolute atomic E-state index is 0.0793. The van der Waals surface area contributed by atoms with Gasteiger partial charge in [0.15, 0.2) is 0 Å². The van der Waals surface area contributed by atoms with Gasteiger partial charge in [0.1, 0.15) is 11.5 Å². The average Bonchev–Trinajstić information content (AvgIpc) is 2.39. The Labute approximate surface area is 104 Å². The molecule has 0 atom stereocenters. The lowest BCUT2D eigenvalue weighted by Gasteiger charge is -2.12. The standard InChI is InChI=1S/C11H18N2O2.C2H6/c1-6-9(15-5)11(8(3)12-4)13-10(14)7-2;1-2/h6H,1,7H2,2-5H3,(H,13,14);1-2H3/b11-9-,12-8?;. The lowest BCUT2D eigenvalue weighted by molar-refractivity contribution is -0.120. The van der Waals surface area contributed by atoms with Gasteiger partial charge in [0.2, 0.25) is 5.91 Å². The summed E-state index contributed by atoms with van der Waals surface area (Å²) in [5.74, 6) is 0.435. The molecule has 98 valence electrons. The lowest BCUT2D eigenvalue weighted by atomic mass is 10.2. The van der Waals surface area contributed by atoms with Gasteiger partial charge < -0.3 is 10.1 Å². The lowest BCUT2D eigenvalue weighted by Crippen LogP contribution is -2.27. The van der Waals surface area contributed by atoms with Gasteiger partial charge in [-0.1, -0.05) is 27.4 Å². The second-order valence-corrected chi connectivity index (χ2v) is 2.86. The molecule has 1 N–H and O–H groups in total. The van der Waals surface area contributed by atoms with Crippen LogP contribution in [-0.2, 0) is 9.53 Å². The number of aliphatic imine (C=N–C) groups is 1. The molecule has 0 unspecified atom stereocenters. The summed E-state index contributed by atoms with van der Waals surface area (Å²) < 4.78 is 5.10. The maximum atomic E-state index is 11.3. The fourth-order valence-electron chi connectivity index (χ4n) is 0.957. The van der Waals surface area contributed by atoms with Crippen LogP contribution < -0.4 is 5.32 Å². The Kier molecular flexibility index (Phi) is 11.4. The summed E-state index contributed by atoms with van der Waals surface area (Å²) in [6, 6.07) is 0. The second-order valence-electron chi connectivity index (χ2n) is 2.86. The molecule has 4 nitrogen and oxygen atoms in total. The van der Waals surface area contributed by atoms with E-state index in [9.17, 15) is 4.79 Å². The molecule has 0 aromatic carbocycles. The third-order valence-electron chi connectivity index (χ3n) is 1.93. The van der Waals surface area contributed by atoms with Crippen LogP contribution in [0.5, 0.6) is 0 Å². The summed E-state index contributed by atoms with van der Waals surface area (Å²) in [5.41, 5.74) is 1.27. The third-order valence-corrected chi connectivity index (χ3v) is 1.93. The van der Waals surface area contributed by atoms with E-state index in [0.29, 0.717) is 23.6 Å². The van der Waals surface area contributed by atoms with Gasteiger partial charge >= 0.3 is 0 Å². The van der Waals surface area contributed by atoms with E-state index in [1.165, 1.54) is 7.11 Å². The monoisotopic (exact) mass is 240 g/mol. The number of ether oxygens (including phenoxy) is 1. The first-order valence-electron chi connectivity index (χ1n) is 5.74. The van der Waals surface area contributed by atoms with Crippen LogP contribution >= 0.6 is 0 Å². The molecule has 0 radical (unpaired) electrons. The number of carbonyl (C=O) groups excluding carboxylic acids is 1. The molecule has 17 heavy (non-hydrogen) atoms. The van der Waals surface area contributed by atoms with Crippen LogP contribution in [0, 0.1) is 0 Å². The van der Waals surface area contributed by atoms with Crippen molar-refractivity contribution in [2.24, 2.45) is 4.99 Å². The van der Waals surface area contributed by atoms with Crippen LogP contribution in [0.3, 0.4) is 0 Å². The molecular formula is C13H24N2O2. The molecule has 0 fully saturated rings. The largest absolute Gasteiger partial charge is 0.495 e. The van der Waals surface area contributed by atoms with Gasteiger partial charge in [-0.3, -0.25) is 9.79 Å². The Morgan fingerprint density at radius 3 is 2.29 bits per heavy atom. The van der Waals surface area contributed by atoms with Crippen molar-refractivity contribution in [3.8, 4) is 0 Å². The molecular weight excluding hydrogens is 216 g/mol. The number of amides is 1. The normalized spacial score (nSPS) is 11.8. The molecule has 0 heterocycles. The van der Waals surface area contributed by atoms with Crippen molar-refractivity contribution in [3.05, 3.63) is 24.1 Å². The highest BCUT2D eigenvalue weighted by Gasteiger charge is 2.10. The fraction of sp³-hybridized carbons (Fsp3) is 0.538. The molecule has 0 rings (SSSR count). The van der Waals surface area contributed by atoms with E-state index < -0.39 is 0 Å². The molecule has 0 aliphatic carbocycles. The third kappa shape index (κ3) is 6.56. The SMILES string of the molecule is C=C/C(OC)=C(/NC(=O)CC)C(C)=NC.CC. The summed E-state index contributed by atoms with van der Waals surface area (Å²) in [6.07, 6.45) is 1.95. The number of hydrogen-bond acceptors (Lipinski definition) is 3. The quantitative estimate of drug-likeness (QED) is 0.456. The van der Waals surface area contributed by atoms with Crippen molar-refractivity contribution in [1.29, 1.82) is 0 Å². The summed E-state index contributed by atoms with van der Waals surface area (Å²) in [7, 11) is 3.18. The van der Waals surface area contributed by atoms with Crippen LogP contribution in [0.15, 0.2) is 29.1 Å². The summed E-state index contributed by atoms with van der Waals surface area (Å²) in [6.45, 7) is 11.2. The number of allylic oxidation sites excluding steroid dienone is 2. The van der Waals surface area contributed by atoms with Crippen molar-refractivity contribution in [1.82, 2.24) is 5.32 Å². The van der Waals surface area contributed by atoms with Gasteiger partial charge in [-0.05, 0) is 13.0 Å². The number of hydrogen-bond donors (Lipinski definition) is 1. The molecule has 1 amide bonds. The van der Waals surface area contributed by atoms with E-state index in [2.05, 4.69) is 16.9 Å². The molecule has 0 aromatic rings. The summed E-state index contributed by atoms with van der Waals surface area (Å²) in [5, 5.41) is 2.73. The van der Waals surface area contributed by atoms with Crippen LogP contribution in [0.25, 0.3) is 0 Å². The van der Waals surface area contributed by atoms with Gasteiger partial charge in [0.25, 0.3) is 0 Å². The first-order valence-corrected chi connectivity index (χ1v) is 5.74. The second kappa shape index (κ2) is 10.9. The highest BCUT2D eigenvalue weighted by atomic mass is 16.5. The van der Waals surface area contributed by atoms with E-state index in [1.807, 2.05) is 13.8 Å². The van der Waals surface area contributed by atoms with Crippen LogP contribution in [0.2, 0.25) is 0 Å². The van der Waals surface area contributed by atoms with Crippen LogP contribution in [-0.4, -0.2) is 25.8 Å². The number of rotatable bonds is 5. The van der Waals surface area contributed by atoms with Crippen LogP contribution in [0.4, 0.5) is 0 Å². The minimum atomic E-state index is -0.0793. The fourth-order valence-corrected chi connectivity index (χ4v) is 0.957. The Morgan fingerprint density at radius 1 is 1.47 bits per heavy atom. The minimum Gasteiger partial charge on any atom is -0.495 e. The van der Waals surface area contributed by atoms with Crippen LogP contribution in [0.1, 0.15) is 34.1 Å². The van der Waals surface area contributed by atoms with Gasteiger partial charge in [0, 0.05) is 13.5 Å². The van der Waals surface area contributed by atoms with Gasteiger partial charge in [-0.15, -0.1) is 0 Å². The molecule has 0 aromatic heterocycles. The van der Waals surface area contributed by atoms with E-state index in [-0.39, 0.29) is 5.91 Å². The highest BCUT2D eigenvalue weighted by Crippen LogP contribution is 2.06. The maximum Gasteiger partial charge on any atom is 0.224 e. The summed E-state index contributed by atoms with van der Waals surface area (Å²) >= 11 is 0. The smallest absolute Gasteiger partial charge is 0.224 e.